The summed E-state index contributed by atoms with van der Waals surface area (Å²) in [4.78, 5) is 17.7. The number of piperidine rings is 1. The second-order valence-electron chi connectivity index (χ2n) is 4.12. The molecule has 1 aromatic rings. The predicted octanol–water partition coefficient (Wildman–Crippen LogP) is 2.89. The quantitative estimate of drug-likeness (QED) is 0.783. The number of halogens is 2. The molecule has 0 spiro atoms. The third-order valence-corrected chi connectivity index (χ3v) is 4.07. The van der Waals surface area contributed by atoms with Crippen molar-refractivity contribution in [1.82, 2.24) is 4.98 Å². The lowest BCUT2D eigenvalue weighted by atomic mass is 10.1. The minimum Gasteiger partial charge on any atom is -0.348 e. The lowest BCUT2D eigenvalue weighted by Gasteiger charge is -2.25. The van der Waals surface area contributed by atoms with E-state index in [-0.39, 0.29) is 4.88 Å². The van der Waals surface area contributed by atoms with Gasteiger partial charge in [-0.05, 0) is 26.2 Å². The van der Waals surface area contributed by atoms with Crippen molar-refractivity contribution in [3.63, 3.8) is 0 Å². The van der Waals surface area contributed by atoms with Crippen LogP contribution in [0.5, 0.6) is 0 Å². The average Bonchev–Trinajstić information content (AvgIpc) is 2.71. The Labute approximate surface area is 102 Å². The van der Waals surface area contributed by atoms with Gasteiger partial charge in [0.2, 0.25) is 5.78 Å². The van der Waals surface area contributed by atoms with Crippen molar-refractivity contribution in [2.45, 2.75) is 32.6 Å². The third-order valence-electron chi connectivity index (χ3n) is 2.83. The number of anilines is 1. The molecule has 1 aliphatic rings. The molecule has 0 unspecified atom stereocenters. The van der Waals surface area contributed by atoms with Gasteiger partial charge in [-0.3, -0.25) is 4.79 Å². The minimum atomic E-state index is -2.94. The normalized spacial score (nSPS) is 16.6. The number of aryl methyl sites for hydroxylation is 1. The molecule has 0 bridgehead atoms. The van der Waals surface area contributed by atoms with E-state index < -0.39 is 12.2 Å². The Kier molecular flexibility index (Phi) is 3.71. The molecule has 2 rings (SSSR count). The van der Waals surface area contributed by atoms with Gasteiger partial charge in [0.25, 0.3) is 0 Å². The molecule has 1 saturated heterocycles. The molecule has 0 saturated carbocycles. The molecular weight excluding hydrogens is 246 g/mol. The van der Waals surface area contributed by atoms with Crippen molar-refractivity contribution in [1.29, 1.82) is 0 Å². The highest BCUT2D eigenvalue weighted by molar-refractivity contribution is 7.17. The van der Waals surface area contributed by atoms with E-state index in [9.17, 15) is 13.6 Å². The van der Waals surface area contributed by atoms with Crippen LogP contribution in [0, 0.1) is 6.92 Å². The van der Waals surface area contributed by atoms with Gasteiger partial charge in [-0.15, -0.1) is 0 Å². The second kappa shape index (κ2) is 5.08. The molecule has 3 nitrogen and oxygen atoms in total. The summed E-state index contributed by atoms with van der Waals surface area (Å²) in [6.07, 6.45) is 0.445. The molecule has 1 aromatic heterocycles. The Morgan fingerprint density at radius 3 is 2.59 bits per heavy atom. The van der Waals surface area contributed by atoms with E-state index >= 15 is 0 Å². The number of ketones is 1. The number of nitrogens with zero attached hydrogens (tertiary/aromatic N) is 2. The van der Waals surface area contributed by atoms with Gasteiger partial charge in [0.15, 0.2) is 5.13 Å². The van der Waals surface area contributed by atoms with Crippen molar-refractivity contribution in [3.05, 3.63) is 10.6 Å². The van der Waals surface area contributed by atoms with Crippen LogP contribution >= 0.6 is 11.3 Å². The van der Waals surface area contributed by atoms with Crippen LogP contribution in [-0.2, 0) is 0 Å². The summed E-state index contributed by atoms with van der Waals surface area (Å²) in [7, 11) is 0. The summed E-state index contributed by atoms with van der Waals surface area (Å²) in [6, 6.07) is 0. The lowest BCUT2D eigenvalue weighted by molar-refractivity contribution is 0.0682. The van der Waals surface area contributed by atoms with Gasteiger partial charge in [0.1, 0.15) is 4.88 Å². The molecule has 6 heteroatoms. The SMILES string of the molecule is Cc1nc(N2CCCCC2)sc1C(=O)C(F)F. The second-order valence-corrected chi connectivity index (χ2v) is 5.10. The van der Waals surface area contributed by atoms with Gasteiger partial charge < -0.3 is 4.90 Å². The molecular formula is C11H14F2N2OS. The maximum Gasteiger partial charge on any atom is 0.301 e. The van der Waals surface area contributed by atoms with E-state index in [2.05, 4.69) is 9.88 Å². The molecule has 0 radical (unpaired) electrons. The van der Waals surface area contributed by atoms with Crippen molar-refractivity contribution in [3.8, 4) is 0 Å². The standard InChI is InChI=1S/C11H14F2N2OS/c1-7-9(8(16)10(12)13)17-11(14-7)15-5-3-2-4-6-15/h10H,2-6H2,1H3. The van der Waals surface area contributed by atoms with Crippen molar-refractivity contribution in [2.75, 3.05) is 18.0 Å². The highest BCUT2D eigenvalue weighted by Gasteiger charge is 2.25. The van der Waals surface area contributed by atoms with Crippen molar-refractivity contribution in [2.24, 2.45) is 0 Å². The van der Waals surface area contributed by atoms with Gasteiger partial charge in [-0.1, -0.05) is 11.3 Å². The van der Waals surface area contributed by atoms with Crippen LogP contribution in [0.4, 0.5) is 13.9 Å². The molecule has 1 aliphatic heterocycles. The molecule has 0 atom stereocenters. The molecule has 17 heavy (non-hydrogen) atoms. The predicted molar refractivity (Wildman–Crippen MR) is 63.2 cm³/mol. The largest absolute Gasteiger partial charge is 0.348 e. The molecule has 0 aliphatic carbocycles. The van der Waals surface area contributed by atoms with E-state index in [4.69, 9.17) is 0 Å². The monoisotopic (exact) mass is 260 g/mol. The number of hydrogen-bond donors (Lipinski definition) is 0. The zero-order chi connectivity index (χ0) is 12.4. The molecule has 0 N–H and O–H groups in total. The third kappa shape index (κ3) is 2.62. The number of Topliss-reactive ketones (excluding diaryl/α,β-unsaturated/α-hetero) is 1. The van der Waals surface area contributed by atoms with Crippen LogP contribution in [-0.4, -0.2) is 30.3 Å². The van der Waals surface area contributed by atoms with E-state index in [1.807, 2.05) is 0 Å². The Hall–Kier alpha value is -1.04. The summed E-state index contributed by atoms with van der Waals surface area (Å²) >= 11 is 1.09. The van der Waals surface area contributed by atoms with Crippen LogP contribution in [0.25, 0.3) is 0 Å². The average molecular weight is 260 g/mol. The Balaban J connectivity index is 2.20. The van der Waals surface area contributed by atoms with Crippen molar-refractivity contribution < 1.29 is 13.6 Å². The van der Waals surface area contributed by atoms with Crippen molar-refractivity contribution >= 4 is 22.3 Å². The lowest BCUT2D eigenvalue weighted by Crippen LogP contribution is -2.29. The Bertz CT molecular complexity index is 414. The van der Waals surface area contributed by atoms with Crippen LogP contribution < -0.4 is 4.90 Å². The van der Waals surface area contributed by atoms with Crippen LogP contribution in [0.3, 0.4) is 0 Å². The number of carbonyl (C=O) groups excluding carboxylic acids is 1. The fraction of sp³-hybridized carbons (Fsp3) is 0.636. The highest BCUT2D eigenvalue weighted by Crippen LogP contribution is 2.29. The summed E-state index contributed by atoms with van der Waals surface area (Å²) < 4.78 is 24.7. The zero-order valence-electron chi connectivity index (χ0n) is 9.58. The zero-order valence-corrected chi connectivity index (χ0v) is 10.4. The number of rotatable bonds is 3. The van der Waals surface area contributed by atoms with E-state index in [0.717, 1.165) is 37.3 Å². The fourth-order valence-electron chi connectivity index (χ4n) is 1.93. The number of alkyl halides is 2. The van der Waals surface area contributed by atoms with Gasteiger partial charge in [-0.2, -0.15) is 0 Å². The summed E-state index contributed by atoms with van der Waals surface area (Å²) in [5.74, 6) is -1.11. The summed E-state index contributed by atoms with van der Waals surface area (Å²) in [6.45, 7) is 3.41. The molecule has 94 valence electrons. The van der Waals surface area contributed by atoms with Crippen LogP contribution in [0.2, 0.25) is 0 Å². The van der Waals surface area contributed by atoms with Gasteiger partial charge in [-0.25, -0.2) is 13.8 Å². The van der Waals surface area contributed by atoms with E-state index in [1.54, 1.807) is 6.92 Å². The molecule has 0 amide bonds. The Morgan fingerprint density at radius 1 is 1.35 bits per heavy atom. The first-order chi connectivity index (χ1) is 8.09. The Morgan fingerprint density at radius 2 is 2.00 bits per heavy atom. The first-order valence-electron chi connectivity index (χ1n) is 5.64. The maximum absolute atomic E-state index is 12.4. The summed E-state index contributed by atoms with van der Waals surface area (Å²) in [5, 5.41) is 0.700. The topological polar surface area (TPSA) is 33.2 Å². The highest BCUT2D eigenvalue weighted by atomic mass is 32.1. The van der Waals surface area contributed by atoms with Gasteiger partial charge >= 0.3 is 6.43 Å². The number of hydrogen-bond acceptors (Lipinski definition) is 4. The smallest absolute Gasteiger partial charge is 0.301 e. The van der Waals surface area contributed by atoms with Gasteiger partial charge in [0, 0.05) is 13.1 Å². The minimum absolute atomic E-state index is 0.0978. The summed E-state index contributed by atoms with van der Waals surface area (Å²) in [5.41, 5.74) is 0.417. The van der Waals surface area contributed by atoms with Crippen LogP contribution in [0.15, 0.2) is 0 Å². The molecule has 2 heterocycles. The number of carbonyl (C=O) groups is 1. The van der Waals surface area contributed by atoms with Gasteiger partial charge in [0.05, 0.1) is 5.69 Å². The van der Waals surface area contributed by atoms with E-state index in [1.165, 1.54) is 6.42 Å². The molecule has 0 aromatic carbocycles. The van der Waals surface area contributed by atoms with E-state index in [0.29, 0.717) is 10.8 Å². The maximum atomic E-state index is 12.4. The first kappa shape index (κ1) is 12.4. The number of aromatic nitrogens is 1. The first-order valence-corrected chi connectivity index (χ1v) is 6.46. The van der Waals surface area contributed by atoms with Crippen LogP contribution in [0.1, 0.15) is 34.6 Å². The fourth-order valence-corrected chi connectivity index (χ4v) is 2.99. The number of thiazole rings is 1. The molecule has 1 fully saturated rings.